The normalized spacial score (nSPS) is 13.8. The van der Waals surface area contributed by atoms with E-state index in [4.69, 9.17) is 4.74 Å². The molecule has 2 aromatic rings. The van der Waals surface area contributed by atoms with E-state index in [1.54, 1.807) is 6.92 Å². The molecule has 2 aromatic carbocycles. The van der Waals surface area contributed by atoms with Gasteiger partial charge in [0.1, 0.15) is 5.75 Å². The first-order valence-electron chi connectivity index (χ1n) is 9.22. The minimum atomic E-state index is -0.552. The van der Waals surface area contributed by atoms with Gasteiger partial charge in [-0.25, -0.2) is 0 Å². The lowest BCUT2D eigenvalue weighted by Crippen LogP contribution is -2.38. The smallest absolute Gasteiger partial charge is 0.261 e. The first kappa shape index (κ1) is 20.0. The molecule has 1 N–H and O–H groups in total. The Labute approximate surface area is 157 Å². The fourth-order valence-corrected chi connectivity index (χ4v) is 3.01. The van der Waals surface area contributed by atoms with E-state index in [9.17, 15) is 4.79 Å². The summed E-state index contributed by atoms with van der Waals surface area (Å²) in [4.78, 5) is 12.5. The first-order chi connectivity index (χ1) is 12.1. The van der Waals surface area contributed by atoms with Crippen molar-refractivity contribution in [2.75, 3.05) is 0 Å². The molecule has 0 aliphatic carbocycles. The summed E-state index contributed by atoms with van der Waals surface area (Å²) in [6.45, 7) is 14.4. The van der Waals surface area contributed by atoms with E-state index >= 15 is 0 Å². The van der Waals surface area contributed by atoms with Gasteiger partial charge in [0, 0.05) is 0 Å². The van der Waals surface area contributed by atoms with Crippen LogP contribution in [0.5, 0.6) is 5.75 Å². The van der Waals surface area contributed by atoms with Gasteiger partial charge < -0.3 is 10.1 Å². The molecule has 26 heavy (non-hydrogen) atoms. The van der Waals surface area contributed by atoms with Crippen molar-refractivity contribution < 1.29 is 9.53 Å². The highest BCUT2D eigenvalue weighted by atomic mass is 16.5. The summed E-state index contributed by atoms with van der Waals surface area (Å²) < 4.78 is 5.82. The Kier molecular flexibility index (Phi) is 6.12. The third-order valence-corrected chi connectivity index (χ3v) is 4.65. The molecule has 0 heterocycles. The molecule has 3 heteroatoms. The van der Waals surface area contributed by atoms with E-state index in [1.807, 2.05) is 19.1 Å². The van der Waals surface area contributed by atoms with Crippen LogP contribution in [0.2, 0.25) is 0 Å². The predicted octanol–water partition coefficient (Wildman–Crippen LogP) is 5.25. The van der Waals surface area contributed by atoms with E-state index in [-0.39, 0.29) is 17.4 Å². The summed E-state index contributed by atoms with van der Waals surface area (Å²) in [5.74, 6) is 0.595. The van der Waals surface area contributed by atoms with Crippen molar-refractivity contribution in [1.82, 2.24) is 5.32 Å². The molecule has 0 saturated carbocycles. The Morgan fingerprint density at radius 1 is 1.00 bits per heavy atom. The van der Waals surface area contributed by atoms with Crippen LogP contribution in [0.1, 0.15) is 62.9 Å². The first-order valence-corrected chi connectivity index (χ1v) is 9.22. The second-order valence-electron chi connectivity index (χ2n) is 8.12. The van der Waals surface area contributed by atoms with Crippen LogP contribution >= 0.6 is 0 Å². The average molecular weight is 354 g/mol. The maximum atomic E-state index is 12.5. The van der Waals surface area contributed by atoms with Gasteiger partial charge in [-0.1, -0.05) is 56.7 Å². The number of carbonyl (C=O) groups excluding carboxylic acids is 1. The average Bonchev–Trinajstić information content (AvgIpc) is 2.54. The topological polar surface area (TPSA) is 38.3 Å². The molecule has 0 aliphatic heterocycles. The molecule has 3 nitrogen and oxygen atoms in total. The van der Waals surface area contributed by atoms with Crippen LogP contribution in [0.25, 0.3) is 0 Å². The lowest BCUT2D eigenvalue weighted by atomic mass is 9.87. The quantitative estimate of drug-likeness (QED) is 0.798. The minimum absolute atomic E-state index is 0.0579. The number of nitrogens with one attached hydrogen (secondary N) is 1. The molecule has 0 spiro atoms. The van der Waals surface area contributed by atoms with Crippen LogP contribution in [0.15, 0.2) is 42.5 Å². The van der Waals surface area contributed by atoms with Crippen molar-refractivity contribution in [3.63, 3.8) is 0 Å². The number of ether oxygens (including phenoxy) is 1. The Bertz CT molecular complexity index is 757. The zero-order valence-corrected chi connectivity index (χ0v) is 17.0. The highest BCUT2D eigenvalue weighted by Crippen LogP contribution is 2.25. The number of aryl methyl sites for hydroxylation is 2. The second-order valence-corrected chi connectivity index (χ2v) is 8.12. The number of benzene rings is 2. The van der Waals surface area contributed by atoms with Crippen LogP contribution in [0.3, 0.4) is 0 Å². The maximum absolute atomic E-state index is 12.5. The number of hydrogen-bond acceptors (Lipinski definition) is 2. The van der Waals surface area contributed by atoms with Crippen molar-refractivity contribution in [1.29, 1.82) is 0 Å². The SMILES string of the molecule is Cc1ccc([C@@H](C)NC(=O)[C@@H](C)Oc2ccc(C(C)(C)C)cc2)c(C)c1. The highest BCUT2D eigenvalue weighted by molar-refractivity contribution is 5.81. The standard InChI is InChI=1S/C23H31NO2/c1-15-8-13-21(16(2)14-15)17(3)24-22(25)18(4)26-20-11-9-19(10-12-20)23(5,6)7/h8-14,17-18H,1-7H3,(H,24,25)/t17-,18-/m1/s1. The van der Waals surface area contributed by atoms with E-state index in [2.05, 4.69) is 70.3 Å². The van der Waals surface area contributed by atoms with Crippen molar-refractivity contribution in [2.45, 2.75) is 66.0 Å². The van der Waals surface area contributed by atoms with Gasteiger partial charge in [-0.2, -0.15) is 0 Å². The van der Waals surface area contributed by atoms with Gasteiger partial charge >= 0.3 is 0 Å². The van der Waals surface area contributed by atoms with Crippen LogP contribution in [-0.2, 0) is 10.2 Å². The van der Waals surface area contributed by atoms with E-state index in [1.165, 1.54) is 16.7 Å². The number of carbonyl (C=O) groups is 1. The van der Waals surface area contributed by atoms with Crippen molar-refractivity contribution in [3.05, 3.63) is 64.7 Å². The van der Waals surface area contributed by atoms with E-state index in [0.29, 0.717) is 5.75 Å². The van der Waals surface area contributed by atoms with Gasteiger partial charge in [0.2, 0.25) is 0 Å². The molecule has 0 aliphatic rings. The Morgan fingerprint density at radius 3 is 2.15 bits per heavy atom. The van der Waals surface area contributed by atoms with Gasteiger partial charge in [-0.3, -0.25) is 4.79 Å². The van der Waals surface area contributed by atoms with Crippen LogP contribution < -0.4 is 10.1 Å². The van der Waals surface area contributed by atoms with Crippen LogP contribution in [-0.4, -0.2) is 12.0 Å². The fourth-order valence-electron chi connectivity index (χ4n) is 3.01. The summed E-state index contributed by atoms with van der Waals surface area (Å²) in [6, 6.07) is 14.2. The Morgan fingerprint density at radius 2 is 1.62 bits per heavy atom. The fraction of sp³-hybridized carbons (Fsp3) is 0.435. The zero-order chi connectivity index (χ0) is 19.5. The molecule has 140 valence electrons. The largest absolute Gasteiger partial charge is 0.481 e. The molecule has 0 bridgehead atoms. The second kappa shape index (κ2) is 7.94. The highest BCUT2D eigenvalue weighted by Gasteiger charge is 2.19. The maximum Gasteiger partial charge on any atom is 0.261 e. The molecule has 2 rings (SSSR count). The molecule has 0 fully saturated rings. The van der Waals surface area contributed by atoms with Gasteiger partial charge in [0.15, 0.2) is 6.10 Å². The molecule has 2 atom stereocenters. The number of hydrogen-bond donors (Lipinski definition) is 1. The molecule has 0 saturated heterocycles. The third-order valence-electron chi connectivity index (χ3n) is 4.65. The van der Waals surface area contributed by atoms with Crippen LogP contribution in [0.4, 0.5) is 0 Å². The van der Waals surface area contributed by atoms with Gasteiger partial charge in [-0.05, 0) is 61.9 Å². The molecule has 1 amide bonds. The summed E-state index contributed by atoms with van der Waals surface area (Å²) in [7, 11) is 0. The predicted molar refractivity (Wildman–Crippen MR) is 108 cm³/mol. The number of rotatable bonds is 5. The summed E-state index contributed by atoms with van der Waals surface area (Å²) in [5, 5.41) is 3.05. The van der Waals surface area contributed by atoms with Crippen molar-refractivity contribution in [2.24, 2.45) is 0 Å². The summed E-state index contributed by atoms with van der Waals surface area (Å²) >= 11 is 0. The van der Waals surface area contributed by atoms with Gasteiger partial charge in [0.05, 0.1) is 6.04 Å². The summed E-state index contributed by atoms with van der Waals surface area (Å²) in [6.07, 6.45) is -0.552. The lowest BCUT2D eigenvalue weighted by molar-refractivity contribution is -0.127. The molecule has 0 unspecified atom stereocenters. The Balaban J connectivity index is 1.98. The minimum Gasteiger partial charge on any atom is -0.481 e. The lowest BCUT2D eigenvalue weighted by Gasteiger charge is -2.22. The molecular weight excluding hydrogens is 322 g/mol. The van der Waals surface area contributed by atoms with E-state index in [0.717, 1.165) is 5.56 Å². The van der Waals surface area contributed by atoms with Crippen molar-refractivity contribution in [3.8, 4) is 5.75 Å². The summed E-state index contributed by atoms with van der Waals surface area (Å²) in [5.41, 5.74) is 4.88. The Hall–Kier alpha value is -2.29. The van der Waals surface area contributed by atoms with Gasteiger partial charge in [0.25, 0.3) is 5.91 Å². The van der Waals surface area contributed by atoms with E-state index < -0.39 is 6.10 Å². The van der Waals surface area contributed by atoms with Gasteiger partial charge in [-0.15, -0.1) is 0 Å². The molecule has 0 radical (unpaired) electrons. The number of amides is 1. The molecular formula is C23H31NO2. The monoisotopic (exact) mass is 353 g/mol. The van der Waals surface area contributed by atoms with Crippen LogP contribution in [0, 0.1) is 13.8 Å². The zero-order valence-electron chi connectivity index (χ0n) is 17.0. The third kappa shape index (κ3) is 5.10. The molecule has 0 aromatic heterocycles. The van der Waals surface area contributed by atoms with Crippen molar-refractivity contribution >= 4 is 5.91 Å².